The lowest BCUT2D eigenvalue weighted by atomic mass is 9.96. The number of nitrogens with zero attached hydrogens (tertiary/aromatic N) is 4. The maximum Gasteiger partial charge on any atom is 0.339 e. The van der Waals surface area contributed by atoms with Gasteiger partial charge in [-0.1, -0.05) is 76.2 Å². The molecule has 2 aromatic heterocycles. The number of carbonyl (C=O) groups is 8. The van der Waals surface area contributed by atoms with E-state index in [0.717, 1.165) is 13.3 Å². The van der Waals surface area contributed by atoms with Crippen LogP contribution in [0.5, 0.6) is 11.5 Å². The Morgan fingerprint density at radius 2 is 0.940 bits per heavy atom. The van der Waals surface area contributed by atoms with Crippen molar-refractivity contribution in [2.24, 2.45) is 20.3 Å². The number of ether oxygens (including phenoxy) is 11. The van der Waals surface area contributed by atoms with Gasteiger partial charge in [0.05, 0.1) is 24.2 Å². The van der Waals surface area contributed by atoms with E-state index in [-0.39, 0.29) is 36.5 Å². The molecule has 32 nitrogen and oxygen atoms in total. The largest absolute Gasteiger partial charge is 0.489 e. The fraction of sp³-hybridized carbons (Fsp3) is 0.591. The Morgan fingerprint density at radius 3 is 1.29 bits per heavy atom. The second-order valence-electron chi connectivity index (χ2n) is 23.3. The molecule has 6 heterocycles. The van der Waals surface area contributed by atoms with Gasteiger partial charge in [0.25, 0.3) is 6.29 Å². The number of esters is 6. The average molecular weight is 1450 g/mol. The van der Waals surface area contributed by atoms with Crippen molar-refractivity contribution in [3.05, 3.63) is 81.9 Å². The molecule has 4 N–H and O–H groups in total. The quantitative estimate of drug-likeness (QED) is 0.0119. The number of hydrogen-bond acceptors (Lipinski definition) is 32. The van der Waals surface area contributed by atoms with Crippen molar-refractivity contribution >= 4 is 98.6 Å². The molecule has 0 aromatic carbocycles. The molecule has 6 rings (SSSR count). The molecule has 4 aliphatic heterocycles. The van der Waals surface area contributed by atoms with Crippen molar-refractivity contribution in [2.45, 2.75) is 227 Å². The molecule has 0 bridgehead atoms. The van der Waals surface area contributed by atoms with E-state index in [9.17, 15) is 47.9 Å². The number of rotatable bonds is 29. The van der Waals surface area contributed by atoms with E-state index in [1.165, 1.54) is 77.2 Å². The van der Waals surface area contributed by atoms with E-state index in [0.29, 0.717) is 76.6 Å². The van der Waals surface area contributed by atoms with E-state index in [2.05, 4.69) is 44.1 Å². The van der Waals surface area contributed by atoms with Gasteiger partial charge in [0.2, 0.25) is 30.3 Å². The van der Waals surface area contributed by atoms with Gasteiger partial charge in [0, 0.05) is 72.1 Å². The molecule has 0 unspecified atom stereocenters. The second kappa shape index (κ2) is 39.8. The fourth-order valence-corrected chi connectivity index (χ4v) is 12.3. The normalized spacial score (nSPS) is 25.2. The Hall–Kier alpha value is -8.89. The van der Waals surface area contributed by atoms with Crippen LogP contribution in [0.15, 0.2) is 88.3 Å². The maximum absolute atomic E-state index is 13.6. The summed E-state index contributed by atoms with van der Waals surface area (Å²) in [4.78, 5) is 136. The third-order valence-electron chi connectivity index (χ3n) is 14.5. The number of hydrogen-bond donors (Lipinski definition) is 4. The summed E-state index contributed by atoms with van der Waals surface area (Å²) in [6.07, 6.45) is -4.47. The summed E-state index contributed by atoms with van der Waals surface area (Å²) in [5.41, 5.74) is -2.71. The molecule has 0 radical (unpaired) electrons. The van der Waals surface area contributed by atoms with Crippen LogP contribution < -0.4 is 31.4 Å². The van der Waals surface area contributed by atoms with Gasteiger partial charge >= 0.3 is 47.1 Å². The van der Waals surface area contributed by atoms with Gasteiger partial charge in [0.15, 0.2) is 30.3 Å². The van der Waals surface area contributed by atoms with Gasteiger partial charge in [-0.15, -0.1) is 23.5 Å². The maximum atomic E-state index is 13.6. The summed E-state index contributed by atoms with van der Waals surface area (Å²) < 4.78 is 70.5. The molecule has 34 heteroatoms. The SMILES string of the molecule is C=CCOc1cc([C@@H](CCC)NC(=O)[C@]2(C)CSC(/C(C)=N/O)=N2)oc(=O)c1.C=CCOc1cc([C@@H](CCC)NC(=O)[C@]2(C)CSC(/C(C)=N/O[C@H]3O[C@H](CC)[C@@H](OC(C)=O)[C@H](OC(C)=O)[C@H]3OC(C)=O)=N2)oc(=O)c1.CC[C@H]1O[C@H](OC(C)=N)[C@H](OC(C)=O)[C@@H](OC(C)=O)[C@@H]1OC(C)=O. The van der Waals surface area contributed by atoms with Crippen LogP contribution in [0.3, 0.4) is 0 Å². The first-order valence-corrected chi connectivity index (χ1v) is 34.0. The van der Waals surface area contributed by atoms with Crippen LogP contribution in [0.2, 0.25) is 0 Å². The molecule has 552 valence electrons. The van der Waals surface area contributed by atoms with E-state index < -0.39 is 138 Å². The minimum atomic E-state index is -1.35. The van der Waals surface area contributed by atoms with Crippen LogP contribution >= 0.6 is 23.5 Å². The van der Waals surface area contributed by atoms with Crippen LogP contribution in [-0.4, -0.2) is 177 Å². The highest BCUT2D eigenvalue weighted by molar-refractivity contribution is 8.16. The Labute approximate surface area is 586 Å². The number of aliphatic imine (C=N–C) groups is 2. The van der Waals surface area contributed by atoms with Gasteiger partial charge in [-0.05, 0) is 53.4 Å². The van der Waals surface area contributed by atoms with Crippen LogP contribution in [0.25, 0.3) is 0 Å². The summed E-state index contributed by atoms with van der Waals surface area (Å²) in [7, 11) is 0. The van der Waals surface area contributed by atoms with Crippen molar-refractivity contribution in [1.82, 2.24) is 10.6 Å². The second-order valence-corrected chi connectivity index (χ2v) is 25.2. The molecular formula is C66H91N7O25S2. The highest BCUT2D eigenvalue weighted by Gasteiger charge is 2.54. The number of amides is 2. The lowest BCUT2D eigenvalue weighted by molar-refractivity contribution is -0.304. The minimum absolute atomic E-state index is 0.167. The van der Waals surface area contributed by atoms with Crippen molar-refractivity contribution in [3.8, 4) is 11.5 Å². The first kappa shape index (κ1) is 83.5. The van der Waals surface area contributed by atoms with Gasteiger partial charge in [0.1, 0.15) is 81.0 Å². The molecule has 4 aliphatic rings. The van der Waals surface area contributed by atoms with E-state index in [1.54, 1.807) is 65.8 Å². The molecular weight excluding hydrogens is 1350 g/mol. The van der Waals surface area contributed by atoms with Gasteiger partial charge in [-0.25, -0.2) is 9.59 Å². The lowest BCUT2D eigenvalue weighted by Gasteiger charge is -2.43. The fourth-order valence-electron chi connectivity index (χ4n) is 10.1. The van der Waals surface area contributed by atoms with E-state index in [1.807, 2.05) is 13.8 Å². The van der Waals surface area contributed by atoms with Crippen LogP contribution in [-0.2, 0) is 85.8 Å². The molecule has 0 spiro atoms. The summed E-state index contributed by atoms with van der Waals surface area (Å²) in [5, 5.41) is 30.5. The Kier molecular flexibility index (Phi) is 33.2. The summed E-state index contributed by atoms with van der Waals surface area (Å²) in [5.74, 6) is -2.87. The number of thioether (sulfide) groups is 2. The monoisotopic (exact) mass is 1450 g/mol. The van der Waals surface area contributed by atoms with Crippen LogP contribution in [0.4, 0.5) is 0 Å². The van der Waals surface area contributed by atoms with Crippen LogP contribution in [0.1, 0.15) is 166 Å². The smallest absolute Gasteiger partial charge is 0.339 e. The van der Waals surface area contributed by atoms with Crippen molar-refractivity contribution < 1.29 is 109 Å². The zero-order chi connectivity index (χ0) is 74.8. The molecule has 14 atom stereocenters. The third-order valence-corrected chi connectivity index (χ3v) is 17.3. The Morgan fingerprint density at radius 1 is 0.580 bits per heavy atom. The topological polar surface area (TPSA) is 425 Å². The number of carbonyl (C=O) groups excluding carboxylic acids is 8. The molecule has 0 saturated carbocycles. The molecule has 2 aromatic rings. The Balaban J connectivity index is 0.000000346. The predicted octanol–water partition coefficient (Wildman–Crippen LogP) is 7.23. The average Bonchev–Trinajstić information content (AvgIpc) is 1.24. The molecule has 2 fully saturated rings. The first-order chi connectivity index (χ1) is 47.2. The zero-order valence-electron chi connectivity index (χ0n) is 58.7. The van der Waals surface area contributed by atoms with Crippen LogP contribution in [0, 0.1) is 5.41 Å². The highest BCUT2D eigenvalue weighted by atomic mass is 32.2. The molecule has 2 amide bonds. The molecule has 100 heavy (non-hydrogen) atoms. The van der Waals surface area contributed by atoms with Gasteiger partial charge in [-0.2, -0.15) is 0 Å². The number of nitrogens with one attached hydrogen (secondary N) is 3. The lowest BCUT2D eigenvalue weighted by Crippen LogP contribution is -2.61. The summed E-state index contributed by atoms with van der Waals surface area (Å²) >= 11 is 2.63. The van der Waals surface area contributed by atoms with Crippen molar-refractivity contribution in [1.29, 1.82) is 5.41 Å². The van der Waals surface area contributed by atoms with Crippen molar-refractivity contribution in [2.75, 3.05) is 24.7 Å². The van der Waals surface area contributed by atoms with E-state index in [4.69, 9.17) is 76.4 Å². The highest BCUT2D eigenvalue weighted by Crippen LogP contribution is 2.36. The number of oxime groups is 2. The minimum Gasteiger partial charge on any atom is -0.489 e. The predicted molar refractivity (Wildman–Crippen MR) is 364 cm³/mol. The summed E-state index contributed by atoms with van der Waals surface area (Å²) in [6, 6.07) is 4.54. The molecule has 0 aliphatic carbocycles. The zero-order valence-corrected chi connectivity index (χ0v) is 60.4. The Bertz CT molecular complexity index is 3500. The third kappa shape index (κ3) is 25.1. The van der Waals surface area contributed by atoms with Crippen molar-refractivity contribution in [3.63, 3.8) is 0 Å². The summed E-state index contributed by atoms with van der Waals surface area (Å²) in [6.45, 7) is 30.2. The van der Waals surface area contributed by atoms with E-state index >= 15 is 0 Å². The molecule has 2 saturated heterocycles. The van der Waals surface area contributed by atoms with Gasteiger partial charge < -0.3 is 81.6 Å². The first-order valence-electron chi connectivity index (χ1n) is 32.0. The standard InChI is InChI=1S/C32H43N3O12S.C19H25N3O5S.C15H23NO8/c1-9-12-22(24-14-21(41-13-10-2)15-25(39)45-24)33-31(40)32(8)16-48-29(34-32)17(4)35-47-30-28(44-20(7)38)27(43-19(6)37)26(42-18(5)36)23(11-3)46-30;1-5-7-14(15-9-13(26-8-6-2)10-16(23)27-15)20-18(24)19(4)11-28-17(21-19)12(3)22-25;1-6-11-12(21-8(3)17)13(22-9(4)18)14(23-10(5)19)15(24-11)20-7(2)16/h10,14-15,22-23,26-28,30H,2,9,11-13,16H2,1,3-8H3,(H,33,40);6,9-10,14,25H,2,5,7-8,11H2,1,3-4H3,(H,20,24);11-16H,6H2,1-5H3/b35-17+;22-12+;/t22-,23-,26-,27+,28-,30-,32+;14-,19+;11-,12-,13+,14-,15+/m111/s1. The van der Waals surface area contributed by atoms with Gasteiger partial charge in [-0.3, -0.25) is 53.8 Å².